The van der Waals surface area contributed by atoms with E-state index in [0.717, 1.165) is 5.56 Å². The van der Waals surface area contributed by atoms with Gasteiger partial charge in [0.1, 0.15) is 0 Å². The lowest BCUT2D eigenvalue weighted by atomic mass is 10.1. The molecule has 6 nitrogen and oxygen atoms in total. The molecule has 0 bridgehead atoms. The highest BCUT2D eigenvalue weighted by atomic mass is 32.2. The van der Waals surface area contributed by atoms with Gasteiger partial charge in [-0.1, -0.05) is 25.1 Å². The number of hydrogen-bond donors (Lipinski definition) is 1. The molecule has 7 heteroatoms. The quantitative estimate of drug-likeness (QED) is 0.770. The number of fused-ring (bicyclic) bond motifs is 1. The molecule has 0 aliphatic rings. The van der Waals surface area contributed by atoms with E-state index in [2.05, 4.69) is 4.72 Å². The highest BCUT2D eigenvalue weighted by molar-refractivity contribution is 7.92. The smallest absolute Gasteiger partial charge is 0.408 e. The van der Waals surface area contributed by atoms with E-state index < -0.39 is 15.8 Å². The van der Waals surface area contributed by atoms with Crippen LogP contribution >= 0.6 is 0 Å². The second-order valence-electron chi connectivity index (χ2n) is 5.36. The van der Waals surface area contributed by atoms with Crippen LogP contribution in [0.1, 0.15) is 19.4 Å². The fraction of sp³-hybridized carbons (Fsp3) is 0.235. The van der Waals surface area contributed by atoms with E-state index in [1.54, 1.807) is 18.2 Å². The minimum atomic E-state index is -3.77. The average Bonchev–Trinajstić information content (AvgIpc) is 2.89. The van der Waals surface area contributed by atoms with Gasteiger partial charge in [0.05, 0.1) is 16.1 Å². The number of para-hydroxylation sites is 1. The summed E-state index contributed by atoms with van der Waals surface area (Å²) in [5, 5.41) is 0. The summed E-state index contributed by atoms with van der Waals surface area (Å²) in [7, 11) is -3.77. The van der Waals surface area contributed by atoms with Crippen LogP contribution in [-0.2, 0) is 23.0 Å². The Hall–Kier alpha value is -2.54. The van der Waals surface area contributed by atoms with Crippen molar-refractivity contribution in [1.82, 2.24) is 4.57 Å². The maximum Gasteiger partial charge on any atom is 0.419 e. The lowest BCUT2D eigenvalue weighted by molar-refractivity contribution is 0.512. The summed E-state index contributed by atoms with van der Waals surface area (Å²) in [6.45, 7) is 4.24. The first-order valence-electron chi connectivity index (χ1n) is 7.70. The summed E-state index contributed by atoms with van der Waals surface area (Å²) in [6, 6.07) is 11.7. The van der Waals surface area contributed by atoms with Crippen LogP contribution in [0.5, 0.6) is 0 Å². The summed E-state index contributed by atoms with van der Waals surface area (Å²) >= 11 is 0. The van der Waals surface area contributed by atoms with Gasteiger partial charge in [-0.05, 0) is 37.1 Å². The Morgan fingerprint density at radius 3 is 2.58 bits per heavy atom. The molecule has 0 saturated heterocycles. The zero-order valence-corrected chi connectivity index (χ0v) is 14.3. The zero-order valence-electron chi connectivity index (χ0n) is 13.4. The van der Waals surface area contributed by atoms with Crippen LogP contribution in [0.25, 0.3) is 11.1 Å². The van der Waals surface area contributed by atoms with Gasteiger partial charge in [-0.2, -0.15) is 0 Å². The molecule has 0 saturated carbocycles. The summed E-state index contributed by atoms with van der Waals surface area (Å²) in [4.78, 5) is 11.8. The van der Waals surface area contributed by atoms with E-state index in [1.165, 1.54) is 16.7 Å². The molecule has 1 aromatic heterocycles. The van der Waals surface area contributed by atoms with Crippen LogP contribution in [0.4, 0.5) is 5.69 Å². The van der Waals surface area contributed by atoms with Crippen molar-refractivity contribution in [2.75, 3.05) is 4.72 Å². The Morgan fingerprint density at radius 2 is 1.88 bits per heavy atom. The van der Waals surface area contributed by atoms with Gasteiger partial charge in [0.25, 0.3) is 10.0 Å². The molecule has 0 radical (unpaired) electrons. The Balaban J connectivity index is 2.04. The van der Waals surface area contributed by atoms with Crippen molar-refractivity contribution in [2.45, 2.75) is 31.7 Å². The van der Waals surface area contributed by atoms with E-state index >= 15 is 0 Å². The monoisotopic (exact) mass is 346 g/mol. The predicted octanol–water partition coefficient (Wildman–Crippen LogP) is 2.98. The average molecular weight is 346 g/mol. The number of rotatable bonds is 5. The molecular formula is C17H18N2O4S. The number of oxazole rings is 1. The Labute approximate surface area is 139 Å². The molecule has 0 atom stereocenters. The first kappa shape index (κ1) is 16.3. The largest absolute Gasteiger partial charge is 0.419 e. The lowest BCUT2D eigenvalue weighted by Gasteiger charge is -2.11. The van der Waals surface area contributed by atoms with Crippen molar-refractivity contribution >= 4 is 26.8 Å². The van der Waals surface area contributed by atoms with Crippen molar-refractivity contribution in [3.05, 3.63) is 58.6 Å². The van der Waals surface area contributed by atoms with E-state index in [1.807, 2.05) is 26.0 Å². The molecular weight excluding hydrogens is 328 g/mol. The van der Waals surface area contributed by atoms with Gasteiger partial charge in [0.2, 0.25) is 0 Å². The van der Waals surface area contributed by atoms with Crippen molar-refractivity contribution in [3.63, 3.8) is 0 Å². The molecule has 24 heavy (non-hydrogen) atoms. The highest BCUT2D eigenvalue weighted by Crippen LogP contribution is 2.23. The van der Waals surface area contributed by atoms with Gasteiger partial charge < -0.3 is 4.42 Å². The molecule has 0 aliphatic heterocycles. The third kappa shape index (κ3) is 2.82. The molecule has 2 aromatic carbocycles. The fourth-order valence-corrected chi connectivity index (χ4v) is 3.76. The molecule has 0 aliphatic carbocycles. The molecule has 1 N–H and O–H groups in total. The Kier molecular flexibility index (Phi) is 4.19. The van der Waals surface area contributed by atoms with Crippen LogP contribution < -0.4 is 10.5 Å². The van der Waals surface area contributed by atoms with Crippen molar-refractivity contribution in [3.8, 4) is 0 Å². The maximum absolute atomic E-state index is 12.6. The summed E-state index contributed by atoms with van der Waals surface area (Å²) in [5.41, 5.74) is 2.29. The third-order valence-corrected chi connectivity index (χ3v) is 5.27. The molecule has 0 spiro atoms. The fourth-order valence-electron chi connectivity index (χ4n) is 2.65. The van der Waals surface area contributed by atoms with Crippen LogP contribution in [-0.4, -0.2) is 13.0 Å². The highest BCUT2D eigenvalue weighted by Gasteiger charge is 2.18. The SMILES string of the molecule is CCc1ccccc1NS(=O)(=O)c1ccc2c(c1)oc(=O)n2CC. The maximum atomic E-state index is 12.6. The van der Waals surface area contributed by atoms with Gasteiger partial charge in [-0.25, -0.2) is 13.2 Å². The molecule has 3 rings (SSSR count). The molecule has 0 unspecified atom stereocenters. The minimum Gasteiger partial charge on any atom is -0.408 e. The number of benzene rings is 2. The molecule has 0 amide bonds. The van der Waals surface area contributed by atoms with E-state index in [9.17, 15) is 13.2 Å². The number of sulfonamides is 1. The first-order chi connectivity index (χ1) is 11.5. The van der Waals surface area contributed by atoms with E-state index in [4.69, 9.17) is 4.42 Å². The van der Waals surface area contributed by atoms with Crippen LogP contribution in [0, 0.1) is 0 Å². The van der Waals surface area contributed by atoms with Gasteiger partial charge in [-0.15, -0.1) is 0 Å². The number of anilines is 1. The van der Waals surface area contributed by atoms with Crippen molar-refractivity contribution in [1.29, 1.82) is 0 Å². The Morgan fingerprint density at radius 1 is 1.12 bits per heavy atom. The van der Waals surface area contributed by atoms with Crippen molar-refractivity contribution in [2.24, 2.45) is 0 Å². The minimum absolute atomic E-state index is 0.0536. The molecule has 0 fully saturated rings. The number of nitrogens with zero attached hydrogens (tertiary/aromatic N) is 1. The first-order valence-corrected chi connectivity index (χ1v) is 9.18. The molecule has 126 valence electrons. The number of nitrogens with one attached hydrogen (secondary N) is 1. The third-order valence-electron chi connectivity index (χ3n) is 3.91. The normalized spacial score (nSPS) is 11.8. The van der Waals surface area contributed by atoms with Gasteiger partial charge >= 0.3 is 5.76 Å². The number of aromatic nitrogens is 1. The number of aryl methyl sites for hydroxylation is 2. The summed E-state index contributed by atoms with van der Waals surface area (Å²) < 4.78 is 34.5. The summed E-state index contributed by atoms with van der Waals surface area (Å²) in [6.07, 6.45) is 0.714. The topological polar surface area (TPSA) is 81.3 Å². The molecule has 1 heterocycles. The van der Waals surface area contributed by atoms with E-state index in [-0.39, 0.29) is 10.5 Å². The lowest BCUT2D eigenvalue weighted by Crippen LogP contribution is -2.14. The van der Waals surface area contributed by atoms with Crippen LogP contribution in [0.15, 0.2) is 56.6 Å². The van der Waals surface area contributed by atoms with Gasteiger partial charge in [-0.3, -0.25) is 9.29 Å². The van der Waals surface area contributed by atoms with Crippen molar-refractivity contribution < 1.29 is 12.8 Å². The second-order valence-corrected chi connectivity index (χ2v) is 7.04. The Bertz CT molecular complexity index is 1050. The molecule has 3 aromatic rings. The van der Waals surface area contributed by atoms with Gasteiger partial charge in [0.15, 0.2) is 5.58 Å². The van der Waals surface area contributed by atoms with Crippen LogP contribution in [0.2, 0.25) is 0 Å². The van der Waals surface area contributed by atoms with Crippen LogP contribution in [0.3, 0.4) is 0 Å². The zero-order chi connectivity index (χ0) is 17.3. The standard InChI is InChI=1S/C17H18N2O4S/c1-3-12-7-5-6-8-14(12)18-24(21,22)13-9-10-15-16(11-13)23-17(20)19(15)4-2/h5-11,18H,3-4H2,1-2H3. The number of hydrogen-bond acceptors (Lipinski definition) is 4. The summed E-state index contributed by atoms with van der Waals surface area (Å²) in [5.74, 6) is -0.494. The van der Waals surface area contributed by atoms with E-state index in [0.29, 0.717) is 24.2 Å². The predicted molar refractivity (Wildman–Crippen MR) is 92.8 cm³/mol. The second kappa shape index (κ2) is 6.16. The van der Waals surface area contributed by atoms with Gasteiger partial charge in [0, 0.05) is 12.6 Å².